The molecule has 0 amide bonds. The van der Waals surface area contributed by atoms with E-state index < -0.39 is 41.6 Å². The van der Waals surface area contributed by atoms with E-state index in [4.69, 9.17) is 28.1 Å². The Kier molecular flexibility index (Phi) is 9.35. The molecule has 0 saturated heterocycles. The minimum absolute atomic E-state index is 0.0167. The van der Waals surface area contributed by atoms with Gasteiger partial charge in [0.15, 0.2) is 18.3 Å². The molecule has 202 valence electrons. The third kappa shape index (κ3) is 6.43. The maximum atomic E-state index is 13.5. The third-order valence-electron chi connectivity index (χ3n) is 5.86. The van der Waals surface area contributed by atoms with Crippen molar-refractivity contribution in [3.05, 3.63) is 58.4 Å². The molecule has 3 aromatic rings. The highest BCUT2D eigenvalue weighted by molar-refractivity contribution is 5.91. The third-order valence-corrected chi connectivity index (χ3v) is 5.86. The van der Waals surface area contributed by atoms with Gasteiger partial charge >= 0.3 is 17.9 Å². The second-order valence-electron chi connectivity index (χ2n) is 8.33. The van der Waals surface area contributed by atoms with Gasteiger partial charge in [-0.2, -0.15) is 0 Å². The lowest BCUT2D eigenvalue weighted by Crippen LogP contribution is -2.26. The summed E-state index contributed by atoms with van der Waals surface area (Å²) in [7, 11) is 3.99. The molecular formula is C27H28O11. The summed E-state index contributed by atoms with van der Waals surface area (Å²) in [5.74, 6) is -2.76. The maximum Gasteiger partial charge on any atom is 0.340 e. The van der Waals surface area contributed by atoms with E-state index in [0.29, 0.717) is 11.1 Å². The van der Waals surface area contributed by atoms with Crippen LogP contribution in [0.1, 0.15) is 19.4 Å². The Morgan fingerprint density at radius 2 is 1.50 bits per heavy atom. The van der Waals surface area contributed by atoms with E-state index in [1.54, 1.807) is 24.3 Å². The molecule has 0 fully saturated rings. The Bertz CT molecular complexity index is 1370. The molecule has 38 heavy (non-hydrogen) atoms. The zero-order chi connectivity index (χ0) is 28.0. The van der Waals surface area contributed by atoms with E-state index in [0.717, 1.165) is 0 Å². The first-order valence-electron chi connectivity index (χ1n) is 11.5. The summed E-state index contributed by atoms with van der Waals surface area (Å²) in [6, 6.07) is 9.20. The van der Waals surface area contributed by atoms with Crippen LogP contribution in [-0.4, -0.2) is 62.7 Å². The van der Waals surface area contributed by atoms with Crippen LogP contribution in [0.2, 0.25) is 0 Å². The van der Waals surface area contributed by atoms with Crippen molar-refractivity contribution in [2.75, 3.05) is 21.3 Å². The van der Waals surface area contributed by atoms with Crippen LogP contribution in [0.25, 0.3) is 22.1 Å². The molecule has 0 aliphatic rings. The lowest BCUT2D eigenvalue weighted by molar-refractivity contribution is -0.148. The van der Waals surface area contributed by atoms with Crippen LogP contribution < -0.4 is 14.9 Å². The number of aliphatic carboxylic acids is 1. The minimum Gasteiger partial charge on any atom is -0.479 e. The summed E-state index contributed by atoms with van der Waals surface area (Å²) >= 11 is 0. The average molecular weight is 529 g/mol. The van der Waals surface area contributed by atoms with Crippen molar-refractivity contribution in [3.8, 4) is 22.6 Å². The van der Waals surface area contributed by atoms with Crippen LogP contribution in [0, 0.1) is 0 Å². The van der Waals surface area contributed by atoms with Gasteiger partial charge in [0.1, 0.15) is 28.7 Å². The molecule has 2 aromatic carbocycles. The predicted molar refractivity (Wildman–Crippen MR) is 134 cm³/mol. The van der Waals surface area contributed by atoms with E-state index in [-0.39, 0.29) is 34.5 Å². The first kappa shape index (κ1) is 28.5. The summed E-state index contributed by atoms with van der Waals surface area (Å²) < 4.78 is 31.4. The highest BCUT2D eigenvalue weighted by Crippen LogP contribution is 2.32. The standard InChI is InChI=1S/C27H28O11/c1-14(33-3)26(31)37-18-11-20-23(21(12-18)38-27(32)15(2)34-4)24(28)19(13-36-20)17-8-6-16(7-9-17)10-22(35-5)25(29)30/h6-9,11-15,22H,10H2,1-5H3,(H,29,30). The second kappa shape index (κ2) is 12.5. The first-order valence-corrected chi connectivity index (χ1v) is 11.5. The van der Waals surface area contributed by atoms with E-state index in [9.17, 15) is 24.3 Å². The first-order chi connectivity index (χ1) is 18.1. The summed E-state index contributed by atoms with van der Waals surface area (Å²) in [5, 5.41) is 9.15. The van der Waals surface area contributed by atoms with Gasteiger partial charge in [-0.3, -0.25) is 4.79 Å². The van der Waals surface area contributed by atoms with Crippen molar-refractivity contribution in [2.45, 2.75) is 38.6 Å². The van der Waals surface area contributed by atoms with Gasteiger partial charge in [0.05, 0.1) is 5.56 Å². The number of rotatable bonds is 11. The number of benzene rings is 2. The Morgan fingerprint density at radius 3 is 2.05 bits per heavy atom. The van der Waals surface area contributed by atoms with Gasteiger partial charge in [-0.15, -0.1) is 0 Å². The summed E-state index contributed by atoms with van der Waals surface area (Å²) in [5.41, 5.74) is 0.854. The summed E-state index contributed by atoms with van der Waals surface area (Å²) in [6.45, 7) is 2.97. The molecular weight excluding hydrogens is 500 g/mol. The van der Waals surface area contributed by atoms with Crippen molar-refractivity contribution in [3.63, 3.8) is 0 Å². The quantitative estimate of drug-likeness (QED) is 0.289. The van der Waals surface area contributed by atoms with Crippen molar-refractivity contribution in [2.24, 2.45) is 0 Å². The normalized spacial score (nSPS) is 13.5. The molecule has 1 N–H and O–H groups in total. The number of carbonyl (C=O) groups is 3. The number of carbonyl (C=O) groups excluding carboxylic acids is 2. The van der Waals surface area contributed by atoms with Gasteiger partial charge in [-0.05, 0) is 25.0 Å². The van der Waals surface area contributed by atoms with Crippen LogP contribution in [0.4, 0.5) is 0 Å². The van der Waals surface area contributed by atoms with Crippen LogP contribution in [0.5, 0.6) is 11.5 Å². The van der Waals surface area contributed by atoms with E-state index >= 15 is 0 Å². The highest BCUT2D eigenvalue weighted by atomic mass is 16.6. The molecule has 11 nitrogen and oxygen atoms in total. The molecule has 0 radical (unpaired) electrons. The molecule has 11 heteroatoms. The number of ether oxygens (including phenoxy) is 5. The molecule has 0 aliphatic carbocycles. The molecule has 0 bridgehead atoms. The van der Waals surface area contributed by atoms with Gasteiger partial charge in [0.25, 0.3) is 0 Å². The molecule has 3 unspecified atom stereocenters. The Balaban J connectivity index is 2.06. The molecule has 0 aliphatic heterocycles. The van der Waals surface area contributed by atoms with Gasteiger partial charge in [-0.25, -0.2) is 14.4 Å². The fraction of sp³-hybridized carbons (Fsp3) is 0.333. The zero-order valence-electron chi connectivity index (χ0n) is 21.5. The lowest BCUT2D eigenvalue weighted by Gasteiger charge is -2.14. The zero-order valence-corrected chi connectivity index (χ0v) is 21.5. The fourth-order valence-electron chi connectivity index (χ4n) is 3.42. The number of hydrogen-bond donors (Lipinski definition) is 1. The highest BCUT2D eigenvalue weighted by Gasteiger charge is 2.23. The SMILES string of the molecule is COC(C)C(=O)Oc1cc(OC(=O)C(C)OC)c2c(=O)c(-c3ccc(CC(OC)C(=O)O)cc3)coc2c1. The Labute approximate surface area is 217 Å². The molecule has 3 rings (SSSR count). The van der Waals surface area contributed by atoms with E-state index in [2.05, 4.69) is 0 Å². The predicted octanol–water partition coefficient (Wildman–Crippen LogP) is 2.98. The minimum atomic E-state index is -1.08. The fourth-order valence-corrected chi connectivity index (χ4v) is 3.42. The monoisotopic (exact) mass is 528 g/mol. The van der Waals surface area contributed by atoms with Crippen molar-refractivity contribution in [1.29, 1.82) is 0 Å². The Hall–Kier alpha value is -4.06. The van der Waals surface area contributed by atoms with Crippen molar-refractivity contribution in [1.82, 2.24) is 0 Å². The smallest absolute Gasteiger partial charge is 0.340 e. The maximum absolute atomic E-state index is 13.5. The van der Waals surface area contributed by atoms with Crippen LogP contribution in [0.15, 0.2) is 51.9 Å². The van der Waals surface area contributed by atoms with Gasteiger partial charge in [-0.1, -0.05) is 24.3 Å². The van der Waals surface area contributed by atoms with Gasteiger partial charge < -0.3 is 33.2 Å². The van der Waals surface area contributed by atoms with Crippen LogP contribution >= 0.6 is 0 Å². The van der Waals surface area contributed by atoms with Gasteiger partial charge in [0.2, 0.25) is 5.43 Å². The molecule has 1 aromatic heterocycles. The molecule has 0 saturated carbocycles. The molecule has 1 heterocycles. The molecule has 0 spiro atoms. The Morgan fingerprint density at radius 1 is 0.895 bits per heavy atom. The number of methoxy groups -OCH3 is 3. The average Bonchev–Trinajstić information content (AvgIpc) is 2.90. The summed E-state index contributed by atoms with van der Waals surface area (Å²) in [6.07, 6.45) is -1.43. The number of carboxylic acids is 1. The van der Waals surface area contributed by atoms with Gasteiger partial charge in [0, 0.05) is 39.9 Å². The number of fused-ring (bicyclic) bond motifs is 1. The van der Waals surface area contributed by atoms with E-state index in [1.165, 1.54) is 53.6 Å². The van der Waals surface area contributed by atoms with E-state index in [1.807, 2.05) is 0 Å². The van der Waals surface area contributed by atoms with Crippen LogP contribution in [0.3, 0.4) is 0 Å². The van der Waals surface area contributed by atoms with Crippen molar-refractivity contribution < 1.29 is 47.6 Å². The lowest BCUT2D eigenvalue weighted by atomic mass is 10.0. The second-order valence-corrected chi connectivity index (χ2v) is 8.33. The van der Waals surface area contributed by atoms with Crippen LogP contribution in [-0.2, 0) is 35.0 Å². The largest absolute Gasteiger partial charge is 0.479 e. The summed E-state index contributed by atoms with van der Waals surface area (Å²) in [4.78, 5) is 49.5. The number of hydrogen-bond acceptors (Lipinski definition) is 10. The molecule has 3 atom stereocenters. The number of esters is 2. The number of carboxylic acid groups (broad SMARTS) is 1. The topological polar surface area (TPSA) is 148 Å². The van der Waals surface area contributed by atoms with Crippen molar-refractivity contribution >= 4 is 28.9 Å².